The van der Waals surface area contributed by atoms with Gasteiger partial charge in [0.1, 0.15) is 21.5 Å². The molecule has 0 unspecified atom stereocenters. The van der Waals surface area contributed by atoms with Gasteiger partial charge in [0.2, 0.25) is 0 Å². The normalized spacial score (nSPS) is 12.9. The summed E-state index contributed by atoms with van der Waals surface area (Å²) < 4.78 is 0.699. The summed E-state index contributed by atoms with van der Waals surface area (Å²) in [5.41, 5.74) is 0. The Labute approximate surface area is 82.6 Å². The predicted molar refractivity (Wildman–Crippen MR) is 50.1 cm³/mol. The van der Waals surface area contributed by atoms with Crippen LogP contribution in [0.25, 0.3) is 0 Å². The van der Waals surface area contributed by atoms with E-state index < -0.39 is 6.10 Å². The maximum atomic E-state index is 10.6. The number of carbonyl (C=O) groups excluding carboxylic acids is 1. The van der Waals surface area contributed by atoms with Crippen molar-refractivity contribution < 1.29 is 9.90 Å². The first-order valence-electron chi connectivity index (χ1n) is 3.38. The molecular formula is C7H8BrNO2S. The highest BCUT2D eigenvalue weighted by molar-refractivity contribution is 9.10. The van der Waals surface area contributed by atoms with Crippen molar-refractivity contribution in [2.75, 3.05) is 0 Å². The van der Waals surface area contributed by atoms with Crippen LogP contribution in [0.3, 0.4) is 0 Å². The van der Waals surface area contributed by atoms with Crippen LogP contribution in [-0.2, 0) is 4.79 Å². The molecule has 0 radical (unpaired) electrons. The summed E-state index contributed by atoms with van der Waals surface area (Å²) in [7, 11) is 0. The lowest BCUT2D eigenvalue weighted by Gasteiger charge is -2.02. The van der Waals surface area contributed by atoms with Gasteiger partial charge < -0.3 is 5.11 Å². The second-order valence-electron chi connectivity index (χ2n) is 2.43. The highest BCUT2D eigenvalue weighted by Crippen LogP contribution is 2.23. The van der Waals surface area contributed by atoms with Crippen molar-refractivity contribution in [3.63, 3.8) is 0 Å². The molecule has 0 aliphatic rings. The van der Waals surface area contributed by atoms with Crippen LogP contribution in [-0.4, -0.2) is 15.9 Å². The van der Waals surface area contributed by atoms with Crippen molar-refractivity contribution >= 4 is 33.0 Å². The van der Waals surface area contributed by atoms with Crippen LogP contribution < -0.4 is 0 Å². The second-order valence-corrected chi connectivity index (χ2v) is 4.13. The van der Waals surface area contributed by atoms with Gasteiger partial charge in [0.25, 0.3) is 0 Å². The van der Waals surface area contributed by atoms with Crippen LogP contribution in [0, 0.1) is 0 Å². The summed E-state index contributed by atoms with van der Waals surface area (Å²) >= 11 is 4.51. The lowest BCUT2D eigenvalue weighted by Crippen LogP contribution is -2.02. The Balaban J connectivity index is 2.64. The minimum atomic E-state index is -0.751. The Bertz CT molecular complexity index is 287. The van der Waals surface area contributed by atoms with Gasteiger partial charge >= 0.3 is 0 Å². The van der Waals surface area contributed by atoms with Crippen molar-refractivity contribution in [3.8, 4) is 0 Å². The van der Waals surface area contributed by atoms with Crippen molar-refractivity contribution in [1.29, 1.82) is 0 Å². The van der Waals surface area contributed by atoms with Crippen LogP contribution in [0.5, 0.6) is 0 Å². The molecule has 5 heteroatoms. The lowest BCUT2D eigenvalue weighted by molar-refractivity contribution is -0.118. The highest BCUT2D eigenvalue weighted by Gasteiger charge is 2.13. The third kappa shape index (κ3) is 2.66. The molecular weight excluding hydrogens is 242 g/mol. The first kappa shape index (κ1) is 9.83. The first-order valence-corrected chi connectivity index (χ1v) is 5.05. The highest BCUT2D eigenvalue weighted by atomic mass is 79.9. The van der Waals surface area contributed by atoms with Crippen molar-refractivity contribution in [2.24, 2.45) is 0 Å². The fourth-order valence-corrected chi connectivity index (χ4v) is 2.03. The molecule has 0 saturated heterocycles. The number of aliphatic hydroxyl groups excluding tert-OH is 1. The van der Waals surface area contributed by atoms with Crippen molar-refractivity contribution in [2.45, 2.75) is 19.4 Å². The molecule has 0 aliphatic carbocycles. The molecule has 12 heavy (non-hydrogen) atoms. The standard InChI is InChI=1S/C7H8BrNO2S/c1-4(10)2-5(11)7-9-6(8)3-12-7/h3,5,11H,2H2,1H3/t5-/m1/s1. The van der Waals surface area contributed by atoms with Crippen LogP contribution >= 0.6 is 27.3 Å². The van der Waals surface area contributed by atoms with E-state index in [-0.39, 0.29) is 12.2 Å². The Kier molecular flexibility index (Phi) is 3.37. The molecule has 1 aromatic heterocycles. The number of aromatic nitrogens is 1. The Morgan fingerprint density at radius 2 is 2.58 bits per heavy atom. The minimum absolute atomic E-state index is 0.0335. The van der Waals surface area contributed by atoms with E-state index in [2.05, 4.69) is 20.9 Å². The van der Waals surface area contributed by atoms with E-state index in [0.29, 0.717) is 9.61 Å². The molecule has 1 aromatic rings. The van der Waals surface area contributed by atoms with Crippen LogP contribution in [0.1, 0.15) is 24.5 Å². The van der Waals surface area contributed by atoms with E-state index in [1.165, 1.54) is 18.3 Å². The molecule has 66 valence electrons. The number of carbonyl (C=O) groups is 1. The fraction of sp³-hybridized carbons (Fsp3) is 0.429. The number of nitrogens with zero attached hydrogens (tertiary/aromatic N) is 1. The van der Waals surface area contributed by atoms with Gasteiger partial charge in [-0.15, -0.1) is 11.3 Å². The van der Waals surface area contributed by atoms with E-state index in [1.807, 2.05) is 0 Å². The van der Waals surface area contributed by atoms with Crippen LogP contribution in [0.15, 0.2) is 9.98 Å². The molecule has 0 aliphatic heterocycles. The number of halogens is 1. The summed E-state index contributed by atoms with van der Waals surface area (Å²) in [6.07, 6.45) is -0.612. The SMILES string of the molecule is CC(=O)C[C@@H](O)c1nc(Br)cs1. The summed E-state index contributed by atoms with van der Waals surface area (Å²) in [4.78, 5) is 14.6. The van der Waals surface area contributed by atoms with Gasteiger partial charge in [-0.1, -0.05) is 0 Å². The number of aliphatic hydroxyl groups is 1. The fourth-order valence-electron chi connectivity index (χ4n) is 0.780. The molecule has 0 spiro atoms. The molecule has 1 rings (SSSR count). The molecule has 0 bridgehead atoms. The van der Waals surface area contributed by atoms with Crippen LogP contribution in [0.2, 0.25) is 0 Å². The van der Waals surface area contributed by atoms with Gasteiger partial charge in [-0.05, 0) is 22.9 Å². The average Bonchev–Trinajstić information content (AvgIpc) is 2.34. The van der Waals surface area contributed by atoms with Gasteiger partial charge in [-0.3, -0.25) is 4.79 Å². The molecule has 0 fully saturated rings. The number of ketones is 1. The molecule has 1 atom stereocenters. The topological polar surface area (TPSA) is 50.2 Å². The van der Waals surface area contributed by atoms with Gasteiger partial charge in [0, 0.05) is 11.8 Å². The van der Waals surface area contributed by atoms with E-state index in [9.17, 15) is 9.90 Å². The molecule has 3 nitrogen and oxygen atoms in total. The first-order chi connectivity index (χ1) is 5.59. The van der Waals surface area contributed by atoms with Gasteiger partial charge in [0.05, 0.1) is 0 Å². The number of thiazole rings is 1. The smallest absolute Gasteiger partial charge is 0.132 e. The number of hydrogen-bond donors (Lipinski definition) is 1. The zero-order valence-corrected chi connectivity index (χ0v) is 8.85. The predicted octanol–water partition coefficient (Wildman–Crippen LogP) is 1.92. The van der Waals surface area contributed by atoms with E-state index in [4.69, 9.17) is 0 Å². The van der Waals surface area contributed by atoms with E-state index >= 15 is 0 Å². The molecule has 0 aromatic carbocycles. The third-order valence-electron chi connectivity index (χ3n) is 1.26. The van der Waals surface area contributed by atoms with E-state index in [1.54, 1.807) is 5.38 Å². The van der Waals surface area contributed by atoms with Gasteiger partial charge in [-0.2, -0.15) is 0 Å². The maximum Gasteiger partial charge on any atom is 0.132 e. The summed E-state index contributed by atoms with van der Waals surface area (Å²) in [6, 6.07) is 0. The third-order valence-corrected chi connectivity index (χ3v) is 2.92. The Morgan fingerprint density at radius 1 is 1.92 bits per heavy atom. The van der Waals surface area contributed by atoms with Gasteiger partial charge in [-0.25, -0.2) is 4.98 Å². The Morgan fingerprint density at radius 3 is 3.00 bits per heavy atom. The largest absolute Gasteiger partial charge is 0.385 e. The van der Waals surface area contributed by atoms with E-state index in [0.717, 1.165) is 0 Å². The van der Waals surface area contributed by atoms with Crippen molar-refractivity contribution in [1.82, 2.24) is 4.98 Å². The minimum Gasteiger partial charge on any atom is -0.385 e. The number of hydrogen-bond acceptors (Lipinski definition) is 4. The summed E-state index contributed by atoms with van der Waals surface area (Å²) in [5, 5.41) is 11.8. The average molecular weight is 250 g/mol. The maximum absolute atomic E-state index is 10.6. The quantitative estimate of drug-likeness (QED) is 0.891. The summed E-state index contributed by atoms with van der Waals surface area (Å²) in [6.45, 7) is 1.45. The summed E-state index contributed by atoms with van der Waals surface area (Å²) in [5.74, 6) is -0.0335. The molecule has 0 saturated carbocycles. The zero-order valence-electron chi connectivity index (χ0n) is 6.45. The van der Waals surface area contributed by atoms with Gasteiger partial charge in [0.15, 0.2) is 0 Å². The monoisotopic (exact) mass is 249 g/mol. The van der Waals surface area contributed by atoms with Crippen LogP contribution in [0.4, 0.5) is 0 Å². The Hall–Kier alpha value is -0.260. The second kappa shape index (κ2) is 4.11. The molecule has 0 amide bonds. The van der Waals surface area contributed by atoms with Crippen molar-refractivity contribution in [3.05, 3.63) is 15.0 Å². The molecule has 1 N–H and O–H groups in total. The number of rotatable bonds is 3. The lowest BCUT2D eigenvalue weighted by atomic mass is 10.2. The molecule has 1 heterocycles. The number of Topliss-reactive ketones (excluding diaryl/α,β-unsaturated/α-hetero) is 1. The zero-order chi connectivity index (χ0) is 9.14.